The number of aromatic nitrogens is 1. The van der Waals surface area contributed by atoms with Crippen LogP contribution >= 0.6 is 0 Å². The van der Waals surface area contributed by atoms with Crippen molar-refractivity contribution in [3.05, 3.63) is 59.3 Å². The van der Waals surface area contributed by atoms with Gasteiger partial charge in [-0.05, 0) is 37.3 Å². The van der Waals surface area contributed by atoms with E-state index >= 15 is 0 Å². The zero-order valence-electron chi connectivity index (χ0n) is 16.4. The average molecular weight is 418 g/mol. The molecule has 0 aliphatic carbocycles. The van der Waals surface area contributed by atoms with E-state index in [1.165, 1.54) is 6.07 Å². The molecule has 2 heterocycles. The van der Waals surface area contributed by atoms with Crippen LogP contribution in [0.1, 0.15) is 16.8 Å². The van der Waals surface area contributed by atoms with Crippen molar-refractivity contribution >= 4 is 22.7 Å². The van der Waals surface area contributed by atoms with Gasteiger partial charge in [-0.25, -0.2) is 4.79 Å². The molecular formula is C21H21F3N4O2. The number of fused-ring (bicyclic) bond motifs is 1. The van der Waals surface area contributed by atoms with E-state index in [-0.39, 0.29) is 12.6 Å². The number of carbonyl (C=O) groups is 1. The lowest BCUT2D eigenvalue weighted by Crippen LogP contribution is -2.51. The number of amides is 2. The van der Waals surface area contributed by atoms with E-state index in [2.05, 4.69) is 10.5 Å². The smallest absolute Gasteiger partial charge is 0.368 e. The number of piperazine rings is 1. The van der Waals surface area contributed by atoms with Crippen LogP contribution in [-0.2, 0) is 12.7 Å². The Morgan fingerprint density at radius 2 is 1.90 bits per heavy atom. The van der Waals surface area contributed by atoms with E-state index in [4.69, 9.17) is 4.52 Å². The number of rotatable bonds is 3. The molecule has 30 heavy (non-hydrogen) atoms. The highest BCUT2D eigenvalue weighted by atomic mass is 19.4. The molecule has 158 valence electrons. The molecule has 1 fully saturated rings. The normalized spacial score (nSPS) is 14.9. The number of alkyl halides is 3. The zero-order chi connectivity index (χ0) is 21.3. The minimum Gasteiger partial charge on any atom is -0.368 e. The maximum atomic E-state index is 12.9. The molecule has 0 bridgehead atoms. The van der Waals surface area contributed by atoms with Crippen LogP contribution in [0.25, 0.3) is 11.0 Å². The van der Waals surface area contributed by atoms with Gasteiger partial charge in [0, 0.05) is 37.3 Å². The van der Waals surface area contributed by atoms with Crippen molar-refractivity contribution in [2.45, 2.75) is 19.6 Å². The van der Waals surface area contributed by atoms with Gasteiger partial charge in [0.25, 0.3) is 0 Å². The first kappa shape index (κ1) is 20.1. The third kappa shape index (κ3) is 4.19. The summed E-state index contributed by atoms with van der Waals surface area (Å²) in [5.41, 5.74) is 2.23. The highest BCUT2D eigenvalue weighted by molar-refractivity contribution is 5.81. The zero-order valence-corrected chi connectivity index (χ0v) is 16.4. The summed E-state index contributed by atoms with van der Waals surface area (Å²) in [7, 11) is 0. The molecule has 1 N–H and O–H groups in total. The molecule has 1 aromatic heterocycles. The van der Waals surface area contributed by atoms with Gasteiger partial charge in [-0.2, -0.15) is 13.2 Å². The first-order chi connectivity index (χ1) is 14.3. The third-order valence-corrected chi connectivity index (χ3v) is 5.21. The predicted octanol–water partition coefficient (Wildman–Crippen LogP) is 4.19. The van der Waals surface area contributed by atoms with Crippen LogP contribution in [0.3, 0.4) is 0 Å². The van der Waals surface area contributed by atoms with Crippen LogP contribution in [0.4, 0.5) is 23.7 Å². The summed E-state index contributed by atoms with van der Waals surface area (Å²) >= 11 is 0. The fourth-order valence-electron chi connectivity index (χ4n) is 3.55. The number of hydrogen-bond acceptors (Lipinski definition) is 4. The van der Waals surface area contributed by atoms with Gasteiger partial charge in [-0.15, -0.1) is 0 Å². The molecule has 0 spiro atoms. The largest absolute Gasteiger partial charge is 0.416 e. The number of halogens is 3. The molecule has 9 heteroatoms. The van der Waals surface area contributed by atoms with Crippen LogP contribution in [0.2, 0.25) is 0 Å². The van der Waals surface area contributed by atoms with Crippen molar-refractivity contribution in [3.63, 3.8) is 0 Å². The molecule has 1 aliphatic rings. The second-order valence-corrected chi connectivity index (χ2v) is 7.31. The van der Waals surface area contributed by atoms with Gasteiger partial charge in [0.2, 0.25) is 0 Å². The van der Waals surface area contributed by atoms with E-state index < -0.39 is 11.7 Å². The lowest BCUT2D eigenvalue weighted by atomic mass is 10.1. The van der Waals surface area contributed by atoms with Gasteiger partial charge in [0.1, 0.15) is 5.69 Å². The number of nitrogens with one attached hydrogen (secondary N) is 1. The molecular weight excluding hydrogens is 397 g/mol. The van der Waals surface area contributed by atoms with Gasteiger partial charge >= 0.3 is 12.2 Å². The van der Waals surface area contributed by atoms with E-state index in [0.29, 0.717) is 43.1 Å². The average Bonchev–Trinajstić information content (AvgIpc) is 3.13. The highest BCUT2D eigenvalue weighted by Gasteiger charge is 2.31. The maximum Gasteiger partial charge on any atom is 0.416 e. The Bertz CT molecular complexity index is 1060. The quantitative estimate of drug-likeness (QED) is 0.693. The number of carbonyl (C=O) groups excluding carboxylic acids is 1. The van der Waals surface area contributed by atoms with E-state index in [1.807, 2.05) is 30.0 Å². The maximum absolute atomic E-state index is 12.9. The second-order valence-electron chi connectivity index (χ2n) is 7.31. The number of nitrogens with zero attached hydrogens (tertiary/aromatic N) is 3. The summed E-state index contributed by atoms with van der Waals surface area (Å²) in [6, 6.07) is 10.8. The standard InChI is InChI=1S/C21H21F3N4O2/c1-14-5-6-19-17(11-14)18(26-30-19)13-25-20(29)28-9-7-27(8-10-28)16-4-2-3-15(12-16)21(22,23)24/h2-6,11-12H,7-10,13H2,1H3,(H,25,29). The molecule has 0 unspecified atom stereocenters. The van der Waals surface area contributed by atoms with E-state index in [1.54, 1.807) is 11.0 Å². The van der Waals surface area contributed by atoms with Gasteiger partial charge in [0.15, 0.2) is 5.58 Å². The summed E-state index contributed by atoms with van der Waals surface area (Å²) in [5.74, 6) is 0. The number of anilines is 1. The van der Waals surface area contributed by atoms with Gasteiger partial charge in [-0.3, -0.25) is 0 Å². The van der Waals surface area contributed by atoms with Crippen molar-refractivity contribution in [3.8, 4) is 0 Å². The molecule has 1 aliphatic heterocycles. The third-order valence-electron chi connectivity index (χ3n) is 5.21. The van der Waals surface area contributed by atoms with Gasteiger partial charge in [0.05, 0.1) is 12.1 Å². The molecule has 2 amide bonds. The van der Waals surface area contributed by atoms with Crippen molar-refractivity contribution in [2.75, 3.05) is 31.1 Å². The topological polar surface area (TPSA) is 61.6 Å². The number of hydrogen-bond donors (Lipinski definition) is 1. The molecule has 0 atom stereocenters. The van der Waals surface area contributed by atoms with Gasteiger partial charge in [-0.1, -0.05) is 22.9 Å². The predicted molar refractivity (Wildman–Crippen MR) is 106 cm³/mol. The van der Waals surface area contributed by atoms with Crippen molar-refractivity contribution in [1.82, 2.24) is 15.4 Å². The monoisotopic (exact) mass is 418 g/mol. The van der Waals surface area contributed by atoms with Crippen LogP contribution < -0.4 is 10.2 Å². The Kier molecular flexibility index (Phi) is 5.27. The molecule has 0 radical (unpaired) electrons. The molecule has 4 rings (SSSR count). The van der Waals surface area contributed by atoms with Crippen LogP contribution in [0.5, 0.6) is 0 Å². The fraction of sp³-hybridized carbons (Fsp3) is 0.333. The number of aryl methyl sites for hydroxylation is 1. The minimum absolute atomic E-state index is 0.234. The molecule has 0 saturated carbocycles. The van der Waals surface area contributed by atoms with E-state index in [0.717, 1.165) is 23.1 Å². The SMILES string of the molecule is Cc1ccc2onc(CNC(=O)N3CCN(c4cccc(C(F)(F)F)c4)CC3)c2c1. The van der Waals surface area contributed by atoms with Crippen LogP contribution in [0, 0.1) is 6.92 Å². The van der Waals surface area contributed by atoms with E-state index in [9.17, 15) is 18.0 Å². The summed E-state index contributed by atoms with van der Waals surface area (Å²) < 4.78 is 44.1. The molecule has 1 saturated heterocycles. The Morgan fingerprint density at radius 3 is 2.63 bits per heavy atom. The summed E-state index contributed by atoms with van der Waals surface area (Å²) in [5, 5.41) is 7.74. The highest BCUT2D eigenvalue weighted by Crippen LogP contribution is 2.31. The first-order valence-electron chi connectivity index (χ1n) is 9.61. The Labute approximate surface area is 171 Å². The van der Waals surface area contributed by atoms with Crippen LogP contribution in [0.15, 0.2) is 47.0 Å². The molecule has 6 nitrogen and oxygen atoms in total. The Morgan fingerprint density at radius 1 is 1.13 bits per heavy atom. The summed E-state index contributed by atoms with van der Waals surface area (Å²) in [6.07, 6.45) is -4.37. The Balaban J connectivity index is 1.34. The van der Waals surface area contributed by atoms with Crippen molar-refractivity contribution < 1.29 is 22.5 Å². The van der Waals surface area contributed by atoms with Crippen molar-refractivity contribution in [2.24, 2.45) is 0 Å². The minimum atomic E-state index is -4.37. The lowest BCUT2D eigenvalue weighted by molar-refractivity contribution is -0.137. The number of benzene rings is 2. The number of urea groups is 1. The first-order valence-corrected chi connectivity index (χ1v) is 9.61. The van der Waals surface area contributed by atoms with Crippen molar-refractivity contribution in [1.29, 1.82) is 0 Å². The molecule has 3 aromatic rings. The summed E-state index contributed by atoms with van der Waals surface area (Å²) in [4.78, 5) is 16.0. The second kappa shape index (κ2) is 7.89. The van der Waals surface area contributed by atoms with Gasteiger partial charge < -0.3 is 19.6 Å². The molecule has 2 aromatic carbocycles. The fourth-order valence-corrected chi connectivity index (χ4v) is 3.55. The Hall–Kier alpha value is -3.23. The lowest BCUT2D eigenvalue weighted by Gasteiger charge is -2.36. The van der Waals surface area contributed by atoms with Crippen LogP contribution in [-0.4, -0.2) is 42.3 Å². The summed E-state index contributed by atoms with van der Waals surface area (Å²) in [6.45, 7) is 3.96.